The lowest BCUT2D eigenvalue weighted by Gasteiger charge is -2.34. The molecule has 0 aromatic heterocycles. The fourth-order valence-electron chi connectivity index (χ4n) is 4.29. The molecule has 0 amide bonds. The zero-order valence-electron chi connectivity index (χ0n) is 14.5. The van der Waals surface area contributed by atoms with Crippen molar-refractivity contribution in [2.45, 2.75) is 43.6 Å². The van der Waals surface area contributed by atoms with Crippen LogP contribution in [0.1, 0.15) is 20.3 Å². The molecule has 7 heteroatoms. The number of cyclic esters (lactones) is 1. The monoisotopic (exact) mass is 349 g/mol. The molecule has 0 radical (unpaired) electrons. The van der Waals surface area contributed by atoms with Crippen molar-refractivity contribution in [1.82, 2.24) is 4.90 Å². The van der Waals surface area contributed by atoms with E-state index in [1.807, 2.05) is 6.08 Å². The lowest BCUT2D eigenvalue weighted by molar-refractivity contribution is -0.173. The van der Waals surface area contributed by atoms with Crippen LogP contribution in [0, 0.1) is 5.92 Å². The largest absolute Gasteiger partial charge is 0.459 e. The number of esters is 2. The van der Waals surface area contributed by atoms with Gasteiger partial charge in [-0.3, -0.25) is 4.90 Å². The molecular weight excluding hydrogens is 326 g/mol. The molecule has 7 nitrogen and oxygen atoms in total. The number of hydrogen-bond donors (Lipinski definition) is 1. The van der Waals surface area contributed by atoms with Crippen LogP contribution >= 0.6 is 0 Å². The predicted molar refractivity (Wildman–Crippen MR) is 86.5 cm³/mol. The molecule has 0 aliphatic carbocycles. The molecule has 136 valence electrons. The number of ether oxygens (including phenoxy) is 3. The van der Waals surface area contributed by atoms with Crippen molar-refractivity contribution in [2.75, 3.05) is 26.3 Å². The highest BCUT2D eigenvalue weighted by atomic mass is 16.6. The Morgan fingerprint density at radius 2 is 2.12 bits per heavy atom. The minimum Gasteiger partial charge on any atom is -0.459 e. The fraction of sp³-hybridized carbons (Fsp3) is 0.667. The van der Waals surface area contributed by atoms with E-state index in [9.17, 15) is 14.7 Å². The van der Waals surface area contributed by atoms with Gasteiger partial charge in [-0.1, -0.05) is 19.6 Å². The minimum absolute atomic E-state index is 0.0737. The summed E-state index contributed by atoms with van der Waals surface area (Å²) < 4.78 is 16.6. The van der Waals surface area contributed by atoms with Crippen molar-refractivity contribution >= 4 is 11.9 Å². The lowest BCUT2D eigenvalue weighted by Crippen LogP contribution is -2.55. The van der Waals surface area contributed by atoms with Crippen LogP contribution in [0.4, 0.5) is 0 Å². The zero-order valence-corrected chi connectivity index (χ0v) is 14.5. The Morgan fingerprint density at radius 3 is 2.80 bits per heavy atom. The predicted octanol–water partition coefficient (Wildman–Crippen LogP) is 0.182. The summed E-state index contributed by atoms with van der Waals surface area (Å²) in [7, 11) is 0. The number of rotatable bonds is 0. The molecule has 4 heterocycles. The third-order valence-corrected chi connectivity index (χ3v) is 6.20. The number of aliphatic hydroxyl groups is 1. The average Bonchev–Trinajstić information content (AvgIpc) is 3.17. The van der Waals surface area contributed by atoms with Crippen LogP contribution in [-0.2, 0) is 23.8 Å². The van der Waals surface area contributed by atoms with Crippen molar-refractivity contribution in [3.63, 3.8) is 0 Å². The molecule has 0 aromatic carbocycles. The molecule has 4 aliphatic rings. The van der Waals surface area contributed by atoms with Crippen LogP contribution in [-0.4, -0.2) is 71.6 Å². The van der Waals surface area contributed by atoms with Gasteiger partial charge in [0.15, 0.2) is 5.60 Å². The highest BCUT2D eigenvalue weighted by molar-refractivity contribution is 5.90. The van der Waals surface area contributed by atoms with Gasteiger partial charge >= 0.3 is 11.9 Å². The van der Waals surface area contributed by atoms with Gasteiger partial charge in [0.1, 0.15) is 18.3 Å². The normalized spacial score (nSPS) is 44.5. The van der Waals surface area contributed by atoms with Crippen LogP contribution in [0.5, 0.6) is 0 Å². The van der Waals surface area contributed by atoms with Crippen molar-refractivity contribution in [3.05, 3.63) is 23.8 Å². The van der Waals surface area contributed by atoms with Crippen molar-refractivity contribution in [2.24, 2.45) is 5.92 Å². The molecule has 0 saturated carbocycles. The van der Waals surface area contributed by atoms with Gasteiger partial charge in [-0.2, -0.15) is 0 Å². The lowest BCUT2D eigenvalue weighted by atomic mass is 9.76. The summed E-state index contributed by atoms with van der Waals surface area (Å²) in [5.74, 6) is -1.81. The van der Waals surface area contributed by atoms with Gasteiger partial charge in [-0.05, 0) is 18.9 Å². The van der Waals surface area contributed by atoms with E-state index in [4.69, 9.17) is 14.2 Å². The van der Waals surface area contributed by atoms with Gasteiger partial charge in [0.05, 0.1) is 12.6 Å². The summed E-state index contributed by atoms with van der Waals surface area (Å²) in [4.78, 5) is 27.4. The molecule has 3 fully saturated rings. The highest BCUT2D eigenvalue weighted by Gasteiger charge is 2.67. The van der Waals surface area contributed by atoms with Crippen LogP contribution < -0.4 is 0 Å². The van der Waals surface area contributed by atoms with Gasteiger partial charge < -0.3 is 19.3 Å². The van der Waals surface area contributed by atoms with Crippen LogP contribution in [0.2, 0.25) is 0 Å². The maximum absolute atomic E-state index is 12.6. The van der Waals surface area contributed by atoms with Crippen molar-refractivity contribution < 1.29 is 28.9 Å². The second kappa shape index (κ2) is 5.40. The number of nitrogens with zero attached hydrogens (tertiary/aromatic N) is 1. The smallest absolute Gasteiger partial charge is 0.341 e. The first kappa shape index (κ1) is 16.8. The molecule has 4 aliphatic heterocycles. The van der Waals surface area contributed by atoms with E-state index in [0.717, 1.165) is 25.1 Å². The van der Waals surface area contributed by atoms with E-state index < -0.39 is 29.1 Å². The van der Waals surface area contributed by atoms with Gasteiger partial charge in [0.2, 0.25) is 0 Å². The molecule has 0 aromatic rings. The van der Waals surface area contributed by atoms with E-state index >= 15 is 0 Å². The Balaban J connectivity index is 1.69. The Labute approximate surface area is 146 Å². The Hall–Kier alpha value is -1.70. The SMILES string of the molecule is C=C1C(=O)O[C@@H]2CCN3CC=C(COC(=O)[C@@](C)(O)[C@@]4(CO4)[C@H]1C)[C@H]23. The molecule has 1 spiro atoms. The topological polar surface area (TPSA) is 88.6 Å². The Bertz CT molecular complexity index is 677. The molecule has 0 unspecified atom stereocenters. The second-order valence-electron chi connectivity index (χ2n) is 7.52. The Kier molecular flexibility index (Phi) is 3.62. The quantitative estimate of drug-likeness (QED) is 0.289. The van der Waals surface area contributed by atoms with E-state index in [1.165, 1.54) is 6.92 Å². The standard InChI is InChI=1S/C18H23NO6/c1-10-11(2)18(9-24-18)17(3,22)16(21)23-8-12-4-6-19-7-5-13(14(12)19)25-15(10)20/h4,11,13-14,22H,1,5-9H2,2-3H3/t11-,13+,14+,17+,18+/m0/s1. The van der Waals surface area contributed by atoms with E-state index in [2.05, 4.69) is 11.5 Å². The van der Waals surface area contributed by atoms with Crippen LogP contribution in [0.25, 0.3) is 0 Å². The molecular formula is C18H23NO6. The Morgan fingerprint density at radius 1 is 1.40 bits per heavy atom. The minimum atomic E-state index is -1.87. The summed E-state index contributed by atoms with van der Waals surface area (Å²) in [5, 5.41) is 10.8. The first-order chi connectivity index (χ1) is 11.8. The second-order valence-corrected chi connectivity index (χ2v) is 7.52. The first-order valence-corrected chi connectivity index (χ1v) is 8.64. The number of epoxide rings is 1. The average molecular weight is 349 g/mol. The van der Waals surface area contributed by atoms with Gasteiger partial charge in [0, 0.05) is 24.6 Å². The first-order valence-electron chi connectivity index (χ1n) is 8.64. The number of carbonyl (C=O) groups excluding carboxylic acids is 2. The third kappa shape index (κ3) is 2.29. The fourth-order valence-corrected chi connectivity index (χ4v) is 4.29. The number of hydrogen-bond acceptors (Lipinski definition) is 7. The molecule has 4 rings (SSSR count). The molecule has 1 N–H and O–H groups in total. The summed E-state index contributed by atoms with van der Waals surface area (Å²) in [6.07, 6.45) is 2.46. The third-order valence-electron chi connectivity index (χ3n) is 6.20. The maximum Gasteiger partial charge on any atom is 0.341 e. The summed E-state index contributed by atoms with van der Waals surface area (Å²) >= 11 is 0. The summed E-state index contributed by atoms with van der Waals surface area (Å²) in [5.41, 5.74) is -1.97. The molecule has 25 heavy (non-hydrogen) atoms. The van der Waals surface area contributed by atoms with Gasteiger partial charge in [-0.25, -0.2) is 9.59 Å². The van der Waals surface area contributed by atoms with Gasteiger partial charge in [-0.15, -0.1) is 0 Å². The highest BCUT2D eigenvalue weighted by Crippen LogP contribution is 2.48. The molecule has 3 saturated heterocycles. The van der Waals surface area contributed by atoms with Crippen molar-refractivity contribution in [1.29, 1.82) is 0 Å². The van der Waals surface area contributed by atoms with E-state index in [0.29, 0.717) is 0 Å². The summed E-state index contributed by atoms with van der Waals surface area (Å²) in [6.45, 7) is 8.74. The van der Waals surface area contributed by atoms with Crippen LogP contribution in [0.15, 0.2) is 23.8 Å². The maximum atomic E-state index is 12.6. The number of carbonyl (C=O) groups is 2. The van der Waals surface area contributed by atoms with Crippen LogP contribution in [0.3, 0.4) is 0 Å². The van der Waals surface area contributed by atoms with Crippen molar-refractivity contribution in [3.8, 4) is 0 Å². The van der Waals surface area contributed by atoms with E-state index in [-0.39, 0.29) is 30.9 Å². The van der Waals surface area contributed by atoms with Gasteiger partial charge in [0.25, 0.3) is 0 Å². The van der Waals surface area contributed by atoms with E-state index in [1.54, 1.807) is 6.92 Å². The molecule has 5 atom stereocenters. The molecule has 0 bridgehead atoms. The summed E-state index contributed by atoms with van der Waals surface area (Å²) in [6, 6.07) is -0.0737. The zero-order chi connectivity index (χ0) is 18.0.